The number of anilines is 1. The first-order valence-corrected chi connectivity index (χ1v) is 8.94. The van der Waals surface area contributed by atoms with Gasteiger partial charge >= 0.3 is 0 Å². The van der Waals surface area contributed by atoms with Crippen molar-refractivity contribution in [3.63, 3.8) is 0 Å². The molecular weight excluding hydrogens is 302 g/mol. The standard InChI is InChI=1S/C15H21N3OS2/c16-12(20)15(8-4-1-5-9-15)13(19)18-14-17-10-6-2-3-7-11(10)21-14/h1-9H2,(H2,16,20)(H,17,18,19). The number of hydrogen-bond donors (Lipinski definition) is 2. The number of thiazole rings is 1. The van der Waals surface area contributed by atoms with Crippen molar-refractivity contribution in [1.82, 2.24) is 4.98 Å². The molecule has 1 amide bonds. The Morgan fingerprint density at radius 2 is 1.90 bits per heavy atom. The third kappa shape index (κ3) is 2.83. The number of nitrogens with one attached hydrogen (secondary N) is 1. The van der Waals surface area contributed by atoms with Crippen LogP contribution in [0, 0.1) is 5.41 Å². The first-order chi connectivity index (χ1) is 10.1. The van der Waals surface area contributed by atoms with Gasteiger partial charge in [-0.05, 0) is 38.5 Å². The molecular formula is C15H21N3OS2. The second-order valence-corrected chi connectivity index (χ2v) is 7.58. The molecule has 1 aromatic heterocycles. The van der Waals surface area contributed by atoms with Gasteiger partial charge in [-0.25, -0.2) is 4.98 Å². The molecule has 1 aromatic rings. The summed E-state index contributed by atoms with van der Waals surface area (Å²) in [6, 6.07) is 0. The number of fused-ring (bicyclic) bond motifs is 1. The van der Waals surface area contributed by atoms with Crippen LogP contribution in [-0.2, 0) is 17.6 Å². The summed E-state index contributed by atoms with van der Waals surface area (Å²) in [4.78, 5) is 19.0. The largest absolute Gasteiger partial charge is 0.392 e. The van der Waals surface area contributed by atoms with Gasteiger partial charge in [0.2, 0.25) is 5.91 Å². The number of aryl methyl sites for hydroxylation is 2. The highest BCUT2D eigenvalue weighted by Gasteiger charge is 2.42. The van der Waals surface area contributed by atoms with Crippen LogP contribution >= 0.6 is 23.6 Å². The lowest BCUT2D eigenvalue weighted by molar-refractivity contribution is -0.123. The monoisotopic (exact) mass is 323 g/mol. The van der Waals surface area contributed by atoms with Gasteiger partial charge < -0.3 is 11.1 Å². The quantitative estimate of drug-likeness (QED) is 0.838. The van der Waals surface area contributed by atoms with Crippen LogP contribution in [0.5, 0.6) is 0 Å². The maximum absolute atomic E-state index is 12.7. The number of hydrogen-bond acceptors (Lipinski definition) is 4. The van der Waals surface area contributed by atoms with Gasteiger partial charge in [-0.15, -0.1) is 11.3 Å². The van der Waals surface area contributed by atoms with Crippen LogP contribution in [0.25, 0.3) is 0 Å². The highest BCUT2D eigenvalue weighted by molar-refractivity contribution is 7.80. The van der Waals surface area contributed by atoms with Crippen LogP contribution in [0.3, 0.4) is 0 Å². The summed E-state index contributed by atoms with van der Waals surface area (Å²) < 4.78 is 0. The fourth-order valence-electron chi connectivity index (χ4n) is 3.36. The minimum Gasteiger partial charge on any atom is -0.392 e. The normalized spacial score (nSPS) is 20.6. The van der Waals surface area contributed by atoms with Crippen LogP contribution in [0.4, 0.5) is 5.13 Å². The van der Waals surface area contributed by atoms with Gasteiger partial charge in [0.05, 0.1) is 16.1 Å². The van der Waals surface area contributed by atoms with E-state index >= 15 is 0 Å². The van der Waals surface area contributed by atoms with Gasteiger partial charge in [-0.1, -0.05) is 31.5 Å². The van der Waals surface area contributed by atoms with Crippen LogP contribution in [0.2, 0.25) is 0 Å². The maximum Gasteiger partial charge on any atom is 0.239 e. The zero-order chi connectivity index (χ0) is 14.9. The van der Waals surface area contributed by atoms with Gasteiger partial charge in [0.15, 0.2) is 5.13 Å². The van der Waals surface area contributed by atoms with Crippen molar-refractivity contribution < 1.29 is 4.79 Å². The second kappa shape index (κ2) is 6.01. The number of amides is 1. The summed E-state index contributed by atoms with van der Waals surface area (Å²) in [6.07, 6.45) is 9.24. The van der Waals surface area contributed by atoms with Crippen molar-refractivity contribution in [3.05, 3.63) is 10.6 Å². The second-order valence-electron chi connectivity index (χ2n) is 6.06. The maximum atomic E-state index is 12.7. The number of rotatable bonds is 3. The van der Waals surface area contributed by atoms with E-state index in [1.54, 1.807) is 11.3 Å². The molecule has 0 spiro atoms. The van der Waals surface area contributed by atoms with E-state index in [-0.39, 0.29) is 5.91 Å². The Morgan fingerprint density at radius 3 is 2.57 bits per heavy atom. The van der Waals surface area contributed by atoms with E-state index in [0.717, 1.165) is 50.6 Å². The highest BCUT2D eigenvalue weighted by Crippen LogP contribution is 2.38. The SMILES string of the molecule is NC(=S)C1(C(=O)Nc2nc3c(s2)CCCC3)CCCCC1. The van der Waals surface area contributed by atoms with Gasteiger partial charge in [0, 0.05) is 4.88 Å². The number of thiocarbonyl (C=S) groups is 1. The molecule has 114 valence electrons. The van der Waals surface area contributed by atoms with Crippen LogP contribution < -0.4 is 11.1 Å². The summed E-state index contributed by atoms with van der Waals surface area (Å²) in [7, 11) is 0. The highest BCUT2D eigenvalue weighted by atomic mass is 32.1. The topological polar surface area (TPSA) is 68.0 Å². The summed E-state index contributed by atoms with van der Waals surface area (Å²) in [5.41, 5.74) is 6.40. The smallest absolute Gasteiger partial charge is 0.239 e. The molecule has 0 unspecified atom stereocenters. The van der Waals surface area contributed by atoms with Crippen molar-refractivity contribution in [2.75, 3.05) is 5.32 Å². The molecule has 1 saturated carbocycles. The van der Waals surface area contributed by atoms with Gasteiger partial charge in [-0.2, -0.15) is 0 Å². The van der Waals surface area contributed by atoms with Crippen molar-refractivity contribution in [3.8, 4) is 0 Å². The molecule has 0 bridgehead atoms. The Labute approximate surface area is 134 Å². The van der Waals surface area contributed by atoms with E-state index in [1.165, 1.54) is 17.7 Å². The first-order valence-electron chi connectivity index (χ1n) is 7.72. The molecule has 3 N–H and O–H groups in total. The molecule has 3 rings (SSSR count). The van der Waals surface area contributed by atoms with E-state index < -0.39 is 5.41 Å². The van der Waals surface area contributed by atoms with E-state index in [2.05, 4.69) is 10.3 Å². The van der Waals surface area contributed by atoms with Crippen LogP contribution in [0.1, 0.15) is 55.5 Å². The molecule has 0 radical (unpaired) electrons. The third-order valence-corrected chi connectivity index (χ3v) is 6.14. The molecule has 1 fully saturated rings. The lowest BCUT2D eigenvalue weighted by Crippen LogP contribution is -2.47. The van der Waals surface area contributed by atoms with Crippen molar-refractivity contribution in [1.29, 1.82) is 0 Å². The minimum atomic E-state index is -0.667. The predicted molar refractivity (Wildman–Crippen MR) is 89.7 cm³/mol. The van der Waals surface area contributed by atoms with Crippen molar-refractivity contribution in [2.45, 2.75) is 57.8 Å². The zero-order valence-corrected chi connectivity index (χ0v) is 13.7. The van der Waals surface area contributed by atoms with E-state index in [4.69, 9.17) is 18.0 Å². The fourth-order valence-corrected chi connectivity index (χ4v) is 4.70. The average molecular weight is 323 g/mol. The molecule has 0 saturated heterocycles. The number of aromatic nitrogens is 1. The summed E-state index contributed by atoms with van der Waals surface area (Å²) in [6.45, 7) is 0. The lowest BCUT2D eigenvalue weighted by atomic mass is 9.73. The molecule has 0 atom stereocenters. The van der Waals surface area contributed by atoms with Gasteiger partial charge in [0.25, 0.3) is 0 Å². The van der Waals surface area contributed by atoms with E-state index in [9.17, 15) is 4.79 Å². The lowest BCUT2D eigenvalue weighted by Gasteiger charge is -2.34. The summed E-state index contributed by atoms with van der Waals surface area (Å²) >= 11 is 6.82. The molecule has 2 aliphatic rings. The van der Waals surface area contributed by atoms with E-state index in [0.29, 0.717) is 10.1 Å². The molecule has 4 nitrogen and oxygen atoms in total. The van der Waals surface area contributed by atoms with Gasteiger partial charge in [0.1, 0.15) is 0 Å². The van der Waals surface area contributed by atoms with Crippen molar-refractivity contribution >= 4 is 39.6 Å². The molecule has 0 aliphatic heterocycles. The first kappa shape index (κ1) is 14.9. The molecule has 1 heterocycles. The average Bonchev–Trinajstić information content (AvgIpc) is 2.89. The zero-order valence-electron chi connectivity index (χ0n) is 12.1. The fraction of sp³-hybridized carbons (Fsp3) is 0.667. The number of nitrogens with two attached hydrogens (primary N) is 1. The number of carbonyl (C=O) groups is 1. The third-order valence-electron chi connectivity index (χ3n) is 4.68. The number of carbonyl (C=O) groups excluding carboxylic acids is 1. The molecule has 0 aromatic carbocycles. The van der Waals surface area contributed by atoms with E-state index in [1.807, 2.05) is 0 Å². The Balaban J connectivity index is 1.78. The summed E-state index contributed by atoms with van der Waals surface area (Å²) in [5, 5.41) is 3.71. The Hall–Kier alpha value is -1.01. The minimum absolute atomic E-state index is 0.0548. The Bertz CT molecular complexity index is 538. The predicted octanol–water partition coefficient (Wildman–Crippen LogP) is 3.20. The summed E-state index contributed by atoms with van der Waals surface area (Å²) in [5.74, 6) is -0.0548. The Morgan fingerprint density at radius 1 is 1.19 bits per heavy atom. The Kier molecular flexibility index (Phi) is 4.26. The van der Waals surface area contributed by atoms with Crippen LogP contribution in [0.15, 0.2) is 0 Å². The van der Waals surface area contributed by atoms with Crippen molar-refractivity contribution in [2.24, 2.45) is 11.1 Å². The van der Waals surface area contributed by atoms with Gasteiger partial charge in [-0.3, -0.25) is 4.79 Å². The molecule has 2 aliphatic carbocycles. The van der Waals surface area contributed by atoms with Crippen LogP contribution in [-0.4, -0.2) is 15.9 Å². The molecule has 6 heteroatoms. The molecule has 21 heavy (non-hydrogen) atoms. The number of nitrogens with zero attached hydrogens (tertiary/aromatic N) is 1.